The second-order valence-electron chi connectivity index (χ2n) is 7.71. The SMILES string of the molecule is CN(C1CCCC1)C1CC(C(C)(C)C)CCC1N. The van der Waals surface area contributed by atoms with Crippen LogP contribution in [0.4, 0.5) is 0 Å². The molecule has 0 aromatic rings. The summed E-state index contributed by atoms with van der Waals surface area (Å²) in [6, 6.07) is 1.82. The van der Waals surface area contributed by atoms with Crippen molar-refractivity contribution in [2.24, 2.45) is 17.1 Å². The fraction of sp³-hybridized carbons (Fsp3) is 1.00. The molecule has 3 atom stereocenters. The topological polar surface area (TPSA) is 29.3 Å². The van der Waals surface area contributed by atoms with Crippen LogP contribution < -0.4 is 5.73 Å². The smallest absolute Gasteiger partial charge is 0.0249 e. The lowest BCUT2D eigenvalue weighted by molar-refractivity contribution is 0.0616. The van der Waals surface area contributed by atoms with Gasteiger partial charge in [-0.15, -0.1) is 0 Å². The predicted molar refractivity (Wildman–Crippen MR) is 78.6 cm³/mol. The van der Waals surface area contributed by atoms with Crippen molar-refractivity contribution in [2.75, 3.05) is 7.05 Å². The molecule has 2 N–H and O–H groups in total. The van der Waals surface area contributed by atoms with Gasteiger partial charge in [-0.1, -0.05) is 33.6 Å². The van der Waals surface area contributed by atoms with E-state index < -0.39 is 0 Å². The quantitative estimate of drug-likeness (QED) is 0.816. The Hall–Kier alpha value is -0.0800. The average Bonchev–Trinajstić information content (AvgIpc) is 2.80. The molecular weight excluding hydrogens is 220 g/mol. The van der Waals surface area contributed by atoms with Gasteiger partial charge in [-0.2, -0.15) is 0 Å². The van der Waals surface area contributed by atoms with Gasteiger partial charge >= 0.3 is 0 Å². The summed E-state index contributed by atoms with van der Waals surface area (Å²) in [5.41, 5.74) is 6.85. The van der Waals surface area contributed by atoms with Crippen molar-refractivity contribution in [3.63, 3.8) is 0 Å². The van der Waals surface area contributed by atoms with Crippen molar-refractivity contribution in [1.82, 2.24) is 4.90 Å². The summed E-state index contributed by atoms with van der Waals surface area (Å²) in [6.45, 7) is 7.17. The third-order valence-corrected chi connectivity index (χ3v) is 5.52. The maximum atomic E-state index is 6.41. The van der Waals surface area contributed by atoms with Gasteiger partial charge in [0.15, 0.2) is 0 Å². The van der Waals surface area contributed by atoms with Crippen LogP contribution in [-0.2, 0) is 0 Å². The van der Waals surface area contributed by atoms with Gasteiger partial charge in [0, 0.05) is 18.1 Å². The van der Waals surface area contributed by atoms with Crippen molar-refractivity contribution in [2.45, 2.75) is 83.8 Å². The summed E-state index contributed by atoms with van der Waals surface area (Å²) in [6.07, 6.45) is 9.44. The van der Waals surface area contributed by atoms with E-state index in [1.807, 2.05) is 0 Å². The Morgan fingerprint density at radius 3 is 2.17 bits per heavy atom. The largest absolute Gasteiger partial charge is 0.326 e. The van der Waals surface area contributed by atoms with E-state index in [0.717, 1.165) is 12.0 Å². The number of hydrogen-bond donors (Lipinski definition) is 1. The van der Waals surface area contributed by atoms with Crippen LogP contribution in [0.1, 0.15) is 65.7 Å². The number of nitrogens with zero attached hydrogens (tertiary/aromatic N) is 1. The van der Waals surface area contributed by atoms with E-state index in [9.17, 15) is 0 Å². The average molecular weight is 252 g/mol. The summed E-state index contributed by atoms with van der Waals surface area (Å²) in [5, 5.41) is 0. The van der Waals surface area contributed by atoms with Gasteiger partial charge in [-0.05, 0) is 50.5 Å². The van der Waals surface area contributed by atoms with Gasteiger partial charge in [0.1, 0.15) is 0 Å². The van der Waals surface area contributed by atoms with Gasteiger partial charge in [0.05, 0.1) is 0 Å². The zero-order chi connectivity index (χ0) is 13.3. The Bertz CT molecular complexity index is 263. The fourth-order valence-electron chi connectivity index (χ4n) is 4.01. The first-order valence-electron chi connectivity index (χ1n) is 7.87. The minimum Gasteiger partial charge on any atom is -0.326 e. The van der Waals surface area contributed by atoms with E-state index in [1.165, 1.54) is 44.9 Å². The summed E-state index contributed by atoms with van der Waals surface area (Å²) >= 11 is 0. The van der Waals surface area contributed by atoms with Crippen molar-refractivity contribution >= 4 is 0 Å². The van der Waals surface area contributed by atoms with Crippen LogP contribution >= 0.6 is 0 Å². The Morgan fingerprint density at radius 1 is 1.00 bits per heavy atom. The molecule has 0 aliphatic heterocycles. The molecule has 0 amide bonds. The molecule has 18 heavy (non-hydrogen) atoms. The van der Waals surface area contributed by atoms with Gasteiger partial charge in [0.2, 0.25) is 0 Å². The van der Waals surface area contributed by atoms with Gasteiger partial charge in [-0.3, -0.25) is 4.90 Å². The van der Waals surface area contributed by atoms with Crippen LogP contribution in [0.25, 0.3) is 0 Å². The highest BCUT2D eigenvalue weighted by molar-refractivity contribution is 4.94. The number of likely N-dealkylation sites (N-methyl/N-ethyl adjacent to an activating group) is 1. The molecule has 0 spiro atoms. The van der Waals surface area contributed by atoms with Crippen molar-refractivity contribution < 1.29 is 0 Å². The van der Waals surface area contributed by atoms with Crippen LogP contribution in [0.2, 0.25) is 0 Å². The van der Waals surface area contributed by atoms with Crippen LogP contribution in [0.3, 0.4) is 0 Å². The molecule has 0 aromatic heterocycles. The molecule has 2 aliphatic rings. The first kappa shape index (κ1) is 14.3. The maximum absolute atomic E-state index is 6.41. The summed E-state index contributed by atoms with van der Waals surface area (Å²) in [7, 11) is 2.32. The molecule has 2 aliphatic carbocycles. The van der Waals surface area contributed by atoms with Crippen LogP contribution in [0.15, 0.2) is 0 Å². The van der Waals surface area contributed by atoms with Crippen molar-refractivity contribution in [3.8, 4) is 0 Å². The number of hydrogen-bond acceptors (Lipinski definition) is 2. The molecule has 2 nitrogen and oxygen atoms in total. The molecule has 2 rings (SSSR count). The molecule has 0 radical (unpaired) electrons. The Morgan fingerprint density at radius 2 is 1.61 bits per heavy atom. The molecule has 0 heterocycles. The van der Waals surface area contributed by atoms with Crippen LogP contribution in [0.5, 0.6) is 0 Å². The molecule has 0 aromatic carbocycles. The number of rotatable bonds is 2. The molecule has 0 bridgehead atoms. The minimum atomic E-state index is 0.397. The molecule has 106 valence electrons. The predicted octanol–water partition coefficient (Wildman–Crippen LogP) is 3.40. The second-order valence-corrected chi connectivity index (χ2v) is 7.71. The van der Waals surface area contributed by atoms with Gasteiger partial charge < -0.3 is 5.73 Å². The Labute approximate surface area is 113 Å². The van der Waals surface area contributed by atoms with Crippen LogP contribution in [0, 0.1) is 11.3 Å². The Balaban J connectivity index is 2.00. The highest BCUT2D eigenvalue weighted by Gasteiger charge is 2.38. The molecule has 2 fully saturated rings. The van der Waals surface area contributed by atoms with E-state index in [-0.39, 0.29) is 0 Å². The zero-order valence-electron chi connectivity index (χ0n) is 12.8. The van der Waals surface area contributed by atoms with Gasteiger partial charge in [0.25, 0.3) is 0 Å². The van der Waals surface area contributed by atoms with E-state index in [2.05, 4.69) is 32.7 Å². The number of nitrogens with two attached hydrogens (primary N) is 1. The second kappa shape index (κ2) is 5.50. The molecule has 2 heteroatoms. The highest BCUT2D eigenvalue weighted by atomic mass is 15.2. The lowest BCUT2D eigenvalue weighted by Gasteiger charge is -2.45. The van der Waals surface area contributed by atoms with Crippen molar-refractivity contribution in [3.05, 3.63) is 0 Å². The lowest BCUT2D eigenvalue weighted by atomic mass is 9.69. The molecule has 3 unspecified atom stereocenters. The normalized spacial score (nSPS) is 35.3. The van der Waals surface area contributed by atoms with Gasteiger partial charge in [-0.25, -0.2) is 0 Å². The van der Waals surface area contributed by atoms with E-state index in [0.29, 0.717) is 17.5 Å². The van der Waals surface area contributed by atoms with E-state index in [4.69, 9.17) is 5.73 Å². The highest BCUT2D eigenvalue weighted by Crippen LogP contribution is 2.40. The zero-order valence-corrected chi connectivity index (χ0v) is 12.8. The molecular formula is C16H32N2. The first-order valence-corrected chi connectivity index (χ1v) is 7.87. The summed E-state index contributed by atoms with van der Waals surface area (Å²) in [5.74, 6) is 0.839. The fourth-order valence-corrected chi connectivity index (χ4v) is 4.01. The van der Waals surface area contributed by atoms with E-state index >= 15 is 0 Å². The monoisotopic (exact) mass is 252 g/mol. The third-order valence-electron chi connectivity index (χ3n) is 5.52. The van der Waals surface area contributed by atoms with Crippen molar-refractivity contribution in [1.29, 1.82) is 0 Å². The van der Waals surface area contributed by atoms with Crippen LogP contribution in [-0.4, -0.2) is 30.1 Å². The standard InChI is InChI=1S/C16H32N2/c1-16(2,3)12-9-10-14(17)15(11-12)18(4)13-7-5-6-8-13/h12-15H,5-11,17H2,1-4H3. The molecule has 0 saturated heterocycles. The Kier molecular flexibility index (Phi) is 4.38. The van der Waals surface area contributed by atoms with E-state index in [1.54, 1.807) is 0 Å². The minimum absolute atomic E-state index is 0.397. The summed E-state index contributed by atoms with van der Waals surface area (Å²) in [4.78, 5) is 2.63. The third kappa shape index (κ3) is 3.08. The maximum Gasteiger partial charge on any atom is 0.0249 e. The molecule has 2 saturated carbocycles. The lowest BCUT2D eigenvalue weighted by Crippen LogP contribution is -2.53. The summed E-state index contributed by atoms with van der Waals surface area (Å²) < 4.78 is 0. The first-order chi connectivity index (χ1) is 8.39.